The van der Waals surface area contributed by atoms with Crippen LogP contribution in [-0.4, -0.2) is 66.3 Å². The fraction of sp³-hybridized carbons (Fsp3) is 0.372. The molecule has 2 fully saturated rings. The number of H-pyrrole nitrogens is 1. The molecule has 2 aromatic heterocycles. The summed E-state index contributed by atoms with van der Waals surface area (Å²) < 4.78 is 18.4. The van der Waals surface area contributed by atoms with Crippen molar-refractivity contribution in [1.82, 2.24) is 10.3 Å². The highest BCUT2D eigenvalue weighted by atomic mass is 16.5. The van der Waals surface area contributed by atoms with Crippen LogP contribution in [0.3, 0.4) is 0 Å². The predicted octanol–water partition coefficient (Wildman–Crippen LogP) is 6.59. The van der Waals surface area contributed by atoms with E-state index in [1.54, 1.807) is 12.1 Å². The Morgan fingerprint density at radius 1 is 1.02 bits per heavy atom. The molecule has 5 aromatic rings. The summed E-state index contributed by atoms with van der Waals surface area (Å²) in [5, 5.41) is 35.2. The van der Waals surface area contributed by atoms with Gasteiger partial charge in [0.1, 0.15) is 22.7 Å². The topological polar surface area (TPSA) is 140 Å². The number of phenols is 2. The van der Waals surface area contributed by atoms with Gasteiger partial charge in [-0.15, -0.1) is 0 Å². The highest BCUT2D eigenvalue weighted by Gasteiger charge is 2.35. The van der Waals surface area contributed by atoms with Crippen molar-refractivity contribution in [1.29, 1.82) is 0 Å². The highest BCUT2D eigenvalue weighted by Crippen LogP contribution is 2.50. The number of ether oxygens (including phenoxy) is 2. The van der Waals surface area contributed by atoms with Gasteiger partial charge < -0.3 is 44.4 Å². The number of anilines is 1. The van der Waals surface area contributed by atoms with Crippen LogP contribution in [-0.2, 0) is 11.8 Å². The fourth-order valence-electron chi connectivity index (χ4n) is 8.25. The number of hydrogen-bond donors (Lipinski definition) is 5. The fourth-order valence-corrected chi connectivity index (χ4v) is 8.25. The molecule has 274 valence electrons. The van der Waals surface area contributed by atoms with Gasteiger partial charge in [-0.05, 0) is 60.7 Å². The lowest BCUT2D eigenvalue weighted by Crippen LogP contribution is -2.50. The van der Waals surface area contributed by atoms with E-state index in [1.165, 1.54) is 62.2 Å². The van der Waals surface area contributed by atoms with E-state index in [0.29, 0.717) is 30.5 Å². The van der Waals surface area contributed by atoms with Gasteiger partial charge in [-0.2, -0.15) is 0 Å². The Morgan fingerprint density at radius 3 is 2.60 bits per heavy atom. The maximum absolute atomic E-state index is 14.1. The van der Waals surface area contributed by atoms with Gasteiger partial charge in [0.25, 0.3) is 0 Å². The molecule has 0 radical (unpaired) electrons. The number of hydrogen-bond acceptors (Lipinski definition) is 9. The second kappa shape index (κ2) is 14.2. The number of methoxy groups -OCH3 is 1. The number of nitrogens with one attached hydrogen (secondary N) is 2. The Balaban J connectivity index is 1.33. The molecular weight excluding hydrogens is 670 g/mol. The number of aromatic amines is 1. The first-order valence-electron chi connectivity index (χ1n) is 18.5. The lowest BCUT2D eigenvalue weighted by molar-refractivity contribution is 0.228. The van der Waals surface area contributed by atoms with Crippen molar-refractivity contribution in [2.45, 2.75) is 62.8 Å². The van der Waals surface area contributed by atoms with E-state index in [9.17, 15) is 20.1 Å². The van der Waals surface area contributed by atoms with Crippen LogP contribution >= 0.6 is 0 Å². The number of aliphatic hydroxyl groups excluding tert-OH is 1. The SMILES string of the molecule is COc1c(O)c([C@@H]2C#C[C@H]3CN(CCN3)c3[nH]c(C4(C)CCCC4)cc3-c3cccc(c3)C2)c2oc(-c3ccc(O)cc3)cc(=O)c2c1OCCCO. The standard InChI is InChI=1S/C43H45N3O7/c1-43(15-3-4-16-43)35-23-32-28-8-5-7-26(21-28)22-29(9-12-30-25-46(18-17-44-30)42(32)45-35)36-38(50)41(51-2)40(52-20-6-19-47)37-33(49)24-34(53-39(36)37)27-10-13-31(48)14-11-27/h5,7-8,10-11,13-14,21,23-24,29-30,44-45,47-48,50H,3-4,6,15-20,22,25H2,1-2H3/t29-,30+/m1/s1. The molecule has 5 N–H and O–H groups in total. The maximum atomic E-state index is 14.1. The maximum Gasteiger partial charge on any atom is 0.204 e. The molecule has 4 bridgehead atoms. The number of phenolic OH excluding ortho intramolecular Hbond substituents is 2. The van der Waals surface area contributed by atoms with Gasteiger partial charge in [-0.3, -0.25) is 4.79 Å². The predicted molar refractivity (Wildman–Crippen MR) is 205 cm³/mol. The molecule has 8 rings (SSSR count). The molecule has 2 atom stereocenters. The summed E-state index contributed by atoms with van der Waals surface area (Å²) in [6.07, 6.45) is 5.53. The third kappa shape index (κ3) is 6.49. The summed E-state index contributed by atoms with van der Waals surface area (Å²) in [5.41, 5.74) is 5.31. The summed E-state index contributed by atoms with van der Waals surface area (Å²) in [6, 6.07) is 18.4. The van der Waals surface area contributed by atoms with E-state index in [-0.39, 0.29) is 64.4 Å². The van der Waals surface area contributed by atoms with E-state index < -0.39 is 11.3 Å². The molecule has 0 amide bonds. The van der Waals surface area contributed by atoms with Crippen LogP contribution in [0.2, 0.25) is 0 Å². The number of aromatic hydroxyl groups is 2. The zero-order valence-corrected chi connectivity index (χ0v) is 30.1. The zero-order chi connectivity index (χ0) is 36.7. The molecule has 1 saturated carbocycles. The van der Waals surface area contributed by atoms with Crippen molar-refractivity contribution in [3.63, 3.8) is 0 Å². The van der Waals surface area contributed by atoms with Gasteiger partial charge in [0.2, 0.25) is 5.75 Å². The minimum atomic E-state index is -0.624. The van der Waals surface area contributed by atoms with Gasteiger partial charge in [0.05, 0.1) is 31.2 Å². The zero-order valence-electron chi connectivity index (χ0n) is 30.1. The third-order valence-electron chi connectivity index (χ3n) is 11.1. The average Bonchev–Trinajstić information content (AvgIpc) is 3.82. The smallest absolute Gasteiger partial charge is 0.204 e. The number of aromatic nitrogens is 1. The van der Waals surface area contributed by atoms with Crippen molar-refractivity contribution in [3.8, 4) is 57.3 Å². The molecule has 1 saturated heterocycles. The molecule has 4 heterocycles. The minimum Gasteiger partial charge on any atom is -0.508 e. The van der Waals surface area contributed by atoms with Crippen molar-refractivity contribution < 1.29 is 29.2 Å². The Hall–Kier alpha value is -5.37. The van der Waals surface area contributed by atoms with Crippen LogP contribution < -0.4 is 25.1 Å². The first-order valence-corrected chi connectivity index (χ1v) is 18.5. The van der Waals surface area contributed by atoms with E-state index in [4.69, 9.17) is 13.9 Å². The van der Waals surface area contributed by atoms with E-state index in [0.717, 1.165) is 30.0 Å². The number of rotatable bonds is 8. The molecule has 53 heavy (non-hydrogen) atoms. The number of nitrogens with zero attached hydrogens (tertiary/aromatic N) is 1. The number of benzene rings is 3. The molecule has 2 aliphatic heterocycles. The third-order valence-corrected chi connectivity index (χ3v) is 11.1. The van der Waals surface area contributed by atoms with E-state index in [1.807, 2.05) is 0 Å². The minimum absolute atomic E-state index is 0.00339. The summed E-state index contributed by atoms with van der Waals surface area (Å²) in [7, 11) is 1.42. The number of piperazine rings is 1. The molecule has 0 unspecified atom stereocenters. The quantitative estimate of drug-likeness (QED) is 0.0890. The molecule has 10 nitrogen and oxygen atoms in total. The second-order valence-electron chi connectivity index (χ2n) is 14.7. The Kier molecular flexibility index (Phi) is 9.31. The van der Waals surface area contributed by atoms with Gasteiger partial charge in [-0.25, -0.2) is 0 Å². The number of aliphatic hydroxyl groups is 1. The lowest BCUT2D eigenvalue weighted by Gasteiger charge is -2.33. The van der Waals surface area contributed by atoms with Crippen LogP contribution in [0.1, 0.15) is 61.8 Å². The lowest BCUT2D eigenvalue weighted by atomic mass is 9.85. The highest BCUT2D eigenvalue weighted by molar-refractivity contribution is 5.94. The second-order valence-corrected chi connectivity index (χ2v) is 14.7. The van der Waals surface area contributed by atoms with Crippen LogP contribution in [0.15, 0.2) is 69.9 Å². The molecule has 3 aliphatic rings. The van der Waals surface area contributed by atoms with Gasteiger partial charge in [-0.1, -0.05) is 55.9 Å². The van der Waals surface area contributed by atoms with E-state index >= 15 is 0 Å². The number of fused-ring (bicyclic) bond motifs is 8. The Labute approximate surface area is 308 Å². The molecule has 10 heteroatoms. The molecule has 0 spiro atoms. The molecule has 3 aromatic carbocycles. The van der Waals surface area contributed by atoms with Crippen molar-refractivity contribution in [3.05, 3.63) is 87.7 Å². The summed E-state index contributed by atoms with van der Waals surface area (Å²) >= 11 is 0. The van der Waals surface area contributed by atoms with Crippen LogP contribution in [0, 0.1) is 11.8 Å². The van der Waals surface area contributed by atoms with Crippen LogP contribution in [0.5, 0.6) is 23.0 Å². The first kappa shape index (κ1) is 34.7. The first-order chi connectivity index (χ1) is 25.8. The normalized spacial score (nSPS) is 19.1. The summed E-state index contributed by atoms with van der Waals surface area (Å²) in [5.74, 6) is 7.67. The van der Waals surface area contributed by atoms with Crippen molar-refractivity contribution >= 4 is 16.8 Å². The Morgan fingerprint density at radius 2 is 1.83 bits per heavy atom. The summed E-state index contributed by atoms with van der Waals surface area (Å²) in [6.45, 7) is 4.59. The van der Waals surface area contributed by atoms with Gasteiger partial charge >= 0.3 is 0 Å². The van der Waals surface area contributed by atoms with Crippen molar-refractivity contribution in [2.24, 2.45) is 0 Å². The average molecular weight is 716 g/mol. The monoisotopic (exact) mass is 715 g/mol. The largest absolute Gasteiger partial charge is 0.508 e. The van der Waals surface area contributed by atoms with Gasteiger partial charge in [0.15, 0.2) is 22.5 Å². The molecule has 1 aliphatic carbocycles. The van der Waals surface area contributed by atoms with Gasteiger partial charge in [0, 0.05) is 61.0 Å². The molecular formula is C43H45N3O7. The van der Waals surface area contributed by atoms with Crippen LogP contribution in [0.25, 0.3) is 33.4 Å². The summed E-state index contributed by atoms with van der Waals surface area (Å²) in [4.78, 5) is 20.4. The van der Waals surface area contributed by atoms with Crippen LogP contribution in [0.4, 0.5) is 5.82 Å². The van der Waals surface area contributed by atoms with Crippen molar-refractivity contribution in [2.75, 3.05) is 44.9 Å². The van der Waals surface area contributed by atoms with E-state index in [2.05, 4.69) is 64.3 Å². The Bertz CT molecular complexity index is 2270.